The van der Waals surface area contributed by atoms with Crippen LogP contribution in [0.5, 0.6) is 0 Å². The van der Waals surface area contributed by atoms with Gasteiger partial charge >= 0.3 is 0 Å². The molecular weight excluding hydrogens is 434 g/mol. The van der Waals surface area contributed by atoms with Crippen molar-refractivity contribution in [3.8, 4) is 0 Å². The summed E-state index contributed by atoms with van der Waals surface area (Å²) in [5, 5.41) is 38.3. The topological polar surface area (TPSA) is 200 Å². The third-order valence-electron chi connectivity index (χ3n) is 7.24. The summed E-state index contributed by atoms with van der Waals surface area (Å²) in [5.41, 5.74) is 17.5. The van der Waals surface area contributed by atoms with Gasteiger partial charge in [-0.3, -0.25) is 0 Å². The normalized spacial score (nSPS) is 50.2. The Labute approximate surface area is 195 Å². The van der Waals surface area contributed by atoms with E-state index in [0.717, 1.165) is 6.42 Å². The number of nitrogens with two attached hydrogens (primary N) is 3. The molecule has 0 amide bonds. The number of aliphatic hydroxyl groups excluding tert-OH is 2. The Hall–Kier alpha value is -0.480. The molecule has 194 valence electrons. The van der Waals surface area contributed by atoms with Gasteiger partial charge in [-0.15, -0.1) is 0 Å². The summed E-state index contributed by atoms with van der Waals surface area (Å²) in [6, 6.07) is -2.11. The summed E-state index contributed by atoms with van der Waals surface area (Å²) in [4.78, 5) is 0. The Bertz CT molecular complexity index is 632. The lowest BCUT2D eigenvalue weighted by Crippen LogP contribution is -2.68. The van der Waals surface area contributed by atoms with Crippen molar-refractivity contribution in [1.82, 2.24) is 10.6 Å². The summed E-state index contributed by atoms with van der Waals surface area (Å²) < 4.78 is 23.7. The maximum atomic E-state index is 11.1. The van der Waals surface area contributed by atoms with Gasteiger partial charge in [-0.1, -0.05) is 0 Å². The zero-order valence-corrected chi connectivity index (χ0v) is 20.0. The van der Waals surface area contributed by atoms with Crippen LogP contribution >= 0.6 is 0 Å². The van der Waals surface area contributed by atoms with Crippen LogP contribution in [0, 0.1) is 0 Å². The molecule has 1 saturated carbocycles. The lowest BCUT2D eigenvalue weighted by Gasteiger charge is -2.48. The van der Waals surface area contributed by atoms with Crippen molar-refractivity contribution < 1.29 is 34.3 Å². The van der Waals surface area contributed by atoms with Gasteiger partial charge in [0.1, 0.15) is 30.0 Å². The number of likely N-dealkylation sites (N-methyl/N-ethyl adjacent to an activating group) is 2. The van der Waals surface area contributed by atoms with Crippen LogP contribution in [0.3, 0.4) is 0 Å². The molecule has 0 radical (unpaired) electrons. The lowest BCUT2D eigenvalue weighted by atomic mass is 9.84. The molecule has 3 aliphatic rings. The van der Waals surface area contributed by atoms with Gasteiger partial charge in [-0.05, 0) is 47.2 Å². The van der Waals surface area contributed by atoms with Gasteiger partial charge in [-0.2, -0.15) is 0 Å². The second-order valence-corrected chi connectivity index (χ2v) is 9.91. The van der Waals surface area contributed by atoms with E-state index in [4.69, 9.17) is 36.1 Å². The molecule has 33 heavy (non-hydrogen) atoms. The number of hydrogen-bond acceptors (Lipinski definition) is 12. The Morgan fingerprint density at radius 1 is 0.970 bits per heavy atom. The fraction of sp³-hybridized carbons (Fsp3) is 1.00. The van der Waals surface area contributed by atoms with Crippen molar-refractivity contribution in [2.45, 2.75) is 112 Å². The molecule has 0 aromatic carbocycles. The van der Waals surface area contributed by atoms with Crippen LogP contribution in [-0.4, -0.2) is 115 Å². The van der Waals surface area contributed by atoms with E-state index in [1.807, 2.05) is 14.0 Å². The predicted octanol–water partition coefficient (Wildman–Crippen LogP) is -3.33. The Kier molecular flexibility index (Phi) is 9.09. The summed E-state index contributed by atoms with van der Waals surface area (Å²) >= 11 is 0. The van der Waals surface area contributed by atoms with Gasteiger partial charge in [-0.25, -0.2) is 0 Å². The van der Waals surface area contributed by atoms with E-state index in [-0.39, 0.29) is 24.8 Å². The van der Waals surface area contributed by atoms with Gasteiger partial charge in [0, 0.05) is 18.1 Å². The molecule has 12 nitrogen and oxygen atoms in total. The molecule has 2 aliphatic heterocycles. The van der Waals surface area contributed by atoms with Crippen LogP contribution in [0.1, 0.15) is 33.1 Å². The summed E-state index contributed by atoms with van der Waals surface area (Å²) in [6.45, 7) is 3.52. The van der Waals surface area contributed by atoms with E-state index >= 15 is 0 Å². The van der Waals surface area contributed by atoms with Crippen molar-refractivity contribution in [3.05, 3.63) is 0 Å². The molecule has 0 bridgehead atoms. The lowest BCUT2D eigenvalue weighted by molar-refractivity contribution is -0.307. The number of rotatable bonds is 7. The molecule has 0 aromatic heterocycles. The smallest absolute Gasteiger partial charge is 0.185 e. The van der Waals surface area contributed by atoms with Crippen LogP contribution in [0.25, 0.3) is 0 Å². The van der Waals surface area contributed by atoms with E-state index in [1.165, 1.54) is 0 Å². The molecular formula is C21H43N5O7. The van der Waals surface area contributed by atoms with Crippen molar-refractivity contribution in [2.24, 2.45) is 17.2 Å². The van der Waals surface area contributed by atoms with Gasteiger partial charge in [0.25, 0.3) is 0 Å². The third kappa shape index (κ3) is 5.85. The van der Waals surface area contributed by atoms with Crippen molar-refractivity contribution in [3.63, 3.8) is 0 Å². The Morgan fingerprint density at radius 2 is 1.58 bits per heavy atom. The maximum Gasteiger partial charge on any atom is 0.185 e. The monoisotopic (exact) mass is 477 g/mol. The summed E-state index contributed by atoms with van der Waals surface area (Å²) in [6.07, 6.45) is -4.22. The molecule has 13 atom stereocenters. The molecule has 1 aliphatic carbocycles. The van der Waals surface area contributed by atoms with E-state index in [2.05, 4.69) is 10.6 Å². The zero-order chi connectivity index (χ0) is 24.5. The molecule has 3 fully saturated rings. The molecule has 11 N–H and O–H groups in total. The first-order chi connectivity index (χ1) is 15.5. The second kappa shape index (κ2) is 11.1. The zero-order valence-electron chi connectivity index (χ0n) is 20.0. The molecule has 2 heterocycles. The molecule has 3 rings (SSSR count). The largest absolute Gasteiger partial charge is 0.388 e. The van der Waals surface area contributed by atoms with Crippen LogP contribution in [0.2, 0.25) is 0 Å². The summed E-state index contributed by atoms with van der Waals surface area (Å²) in [7, 11) is 3.49. The molecule has 0 spiro atoms. The highest BCUT2D eigenvalue weighted by atomic mass is 16.7. The number of aliphatic hydroxyl groups is 3. The quantitative estimate of drug-likeness (QED) is 0.182. The predicted molar refractivity (Wildman–Crippen MR) is 120 cm³/mol. The van der Waals surface area contributed by atoms with Gasteiger partial charge in [0.05, 0.1) is 24.8 Å². The minimum Gasteiger partial charge on any atom is -0.388 e. The third-order valence-corrected chi connectivity index (χ3v) is 7.24. The number of ether oxygens (including phenoxy) is 4. The van der Waals surface area contributed by atoms with Gasteiger partial charge in [0.15, 0.2) is 12.6 Å². The highest BCUT2D eigenvalue weighted by Crippen LogP contribution is 2.31. The molecule has 0 aromatic rings. The molecule has 0 unspecified atom stereocenters. The SMILES string of the molecule is CN[C@H](C)[C@H]1CC[C@H](N)[C@H](O[C@H]2[C@@H](O)[C@@H](O[C@H]3OC[C@](C)(O)[C@@H](NC)[C@H]3O)[C@@H](N)C[C@H]2N)O1. The highest BCUT2D eigenvalue weighted by molar-refractivity contribution is 5.02. The van der Waals surface area contributed by atoms with E-state index in [0.29, 0.717) is 12.8 Å². The average molecular weight is 478 g/mol. The van der Waals surface area contributed by atoms with Crippen molar-refractivity contribution in [1.29, 1.82) is 0 Å². The van der Waals surface area contributed by atoms with Gasteiger partial charge in [0.2, 0.25) is 0 Å². The van der Waals surface area contributed by atoms with Crippen LogP contribution in [0.4, 0.5) is 0 Å². The Balaban J connectivity index is 1.68. The molecule has 12 heteroatoms. The standard InChI is InChI=1S/C21H43N5O7/c1-9(25-3)13-6-5-10(22)19(31-13)32-16-11(23)7-12(24)17(14(16)27)33-20-15(28)18(26-4)21(2,29)8-30-20/h9-20,25-29H,5-8,22-24H2,1-4H3/t9-,10+,11-,12+,13-,14-,15-,16-,17+,18+,19+,20-,21+/m1/s1. The molecule has 2 saturated heterocycles. The van der Waals surface area contributed by atoms with Gasteiger partial charge < -0.3 is 62.1 Å². The first-order valence-corrected chi connectivity index (χ1v) is 11.8. The van der Waals surface area contributed by atoms with Crippen molar-refractivity contribution in [2.75, 3.05) is 20.7 Å². The maximum absolute atomic E-state index is 11.1. The van der Waals surface area contributed by atoms with Crippen LogP contribution in [0.15, 0.2) is 0 Å². The number of hydrogen-bond donors (Lipinski definition) is 8. The summed E-state index contributed by atoms with van der Waals surface area (Å²) in [5.74, 6) is 0. The van der Waals surface area contributed by atoms with Crippen molar-refractivity contribution >= 4 is 0 Å². The number of nitrogens with one attached hydrogen (secondary N) is 2. The van der Waals surface area contributed by atoms with Crippen LogP contribution < -0.4 is 27.8 Å². The highest BCUT2D eigenvalue weighted by Gasteiger charge is 2.50. The Morgan fingerprint density at radius 3 is 2.15 bits per heavy atom. The van der Waals surface area contributed by atoms with E-state index < -0.39 is 60.7 Å². The second-order valence-electron chi connectivity index (χ2n) is 9.91. The van der Waals surface area contributed by atoms with Crippen LogP contribution in [-0.2, 0) is 18.9 Å². The van der Waals surface area contributed by atoms with E-state index in [1.54, 1.807) is 14.0 Å². The fourth-order valence-electron chi connectivity index (χ4n) is 5.04. The minimum absolute atomic E-state index is 0.0620. The first kappa shape index (κ1) is 27.1. The first-order valence-electron chi connectivity index (χ1n) is 11.8. The minimum atomic E-state index is -1.29. The van der Waals surface area contributed by atoms with E-state index in [9.17, 15) is 15.3 Å². The average Bonchev–Trinajstić information content (AvgIpc) is 2.76. The fourth-order valence-corrected chi connectivity index (χ4v) is 5.04.